The zero-order valence-electron chi connectivity index (χ0n) is 15.6. The van der Waals surface area contributed by atoms with E-state index in [1.807, 2.05) is 25.3 Å². The van der Waals surface area contributed by atoms with Gasteiger partial charge < -0.3 is 9.84 Å². The van der Waals surface area contributed by atoms with E-state index in [0.29, 0.717) is 17.3 Å². The number of aromatic nitrogens is 2. The average molecular weight is 434 g/mol. The molecule has 0 amide bonds. The van der Waals surface area contributed by atoms with Crippen LogP contribution in [0.5, 0.6) is 0 Å². The Morgan fingerprint density at radius 3 is 2.93 bits per heavy atom. The molecule has 1 aromatic carbocycles. The number of likely N-dealkylation sites (N-methyl/N-ethyl adjacent to an activating group) is 1. The van der Waals surface area contributed by atoms with Crippen LogP contribution in [-0.4, -0.2) is 46.6 Å². The summed E-state index contributed by atoms with van der Waals surface area (Å²) in [6.45, 7) is 2.69. The third kappa shape index (κ3) is 4.70. The lowest BCUT2D eigenvalue weighted by atomic mass is 10.1. The Balaban J connectivity index is 0.00000240. The molecule has 152 valence electrons. The Hall–Kier alpha value is -2.59. The van der Waals surface area contributed by atoms with Gasteiger partial charge in [0, 0.05) is 41.5 Å². The Labute approximate surface area is 177 Å². The third-order valence-corrected chi connectivity index (χ3v) is 5.73. The number of nitro benzene ring substituents is 1. The first-order valence-electron chi connectivity index (χ1n) is 8.88. The molecule has 10 heteroatoms. The molecule has 3 heterocycles. The number of piperazine rings is 1. The molecule has 0 radical (unpaired) electrons. The van der Waals surface area contributed by atoms with E-state index < -0.39 is 0 Å². The van der Waals surface area contributed by atoms with Crippen molar-refractivity contribution in [2.75, 3.05) is 26.7 Å². The van der Waals surface area contributed by atoms with Crippen molar-refractivity contribution in [1.29, 1.82) is 0 Å². The van der Waals surface area contributed by atoms with Crippen molar-refractivity contribution in [2.45, 2.75) is 6.04 Å². The molecule has 0 bridgehead atoms. The normalized spacial score (nSPS) is 17.3. The molecule has 1 aliphatic rings. The highest BCUT2D eigenvalue weighted by Gasteiger charge is 2.24. The van der Waals surface area contributed by atoms with E-state index in [1.165, 1.54) is 17.4 Å². The number of hydrogen-bond donors (Lipinski definition) is 1. The number of nitro groups is 1. The monoisotopic (exact) mass is 433 g/mol. The van der Waals surface area contributed by atoms with Crippen molar-refractivity contribution in [1.82, 2.24) is 20.4 Å². The van der Waals surface area contributed by atoms with E-state index in [-0.39, 0.29) is 29.1 Å². The molecule has 0 saturated carbocycles. The minimum absolute atomic E-state index is 0. The summed E-state index contributed by atoms with van der Waals surface area (Å²) in [4.78, 5) is 19.3. The third-order valence-electron chi connectivity index (χ3n) is 4.65. The summed E-state index contributed by atoms with van der Waals surface area (Å²) in [6, 6.07) is 10.7. The minimum Gasteiger partial charge on any atom is -0.335 e. The van der Waals surface area contributed by atoms with E-state index in [2.05, 4.69) is 20.4 Å². The van der Waals surface area contributed by atoms with E-state index in [9.17, 15) is 10.1 Å². The maximum atomic E-state index is 11.2. The minimum atomic E-state index is -0.359. The molecule has 1 saturated heterocycles. The Kier molecular flexibility index (Phi) is 6.75. The number of nitrogens with zero attached hydrogens (tertiary/aromatic N) is 4. The summed E-state index contributed by atoms with van der Waals surface area (Å²) in [5.41, 5.74) is 0.719. The Morgan fingerprint density at radius 2 is 2.14 bits per heavy atom. The fraction of sp³-hybridized carbons (Fsp3) is 0.263. The SMILES string of the molecule is CN1CCNCC1c1noc(/C=C/c2ccc(-c3ccccc3[N+](=O)[O-])s2)n1.Cl. The van der Waals surface area contributed by atoms with Gasteiger partial charge in [0.15, 0.2) is 5.82 Å². The van der Waals surface area contributed by atoms with Gasteiger partial charge in [0.25, 0.3) is 11.6 Å². The Morgan fingerprint density at radius 1 is 1.31 bits per heavy atom. The molecule has 0 spiro atoms. The second-order valence-electron chi connectivity index (χ2n) is 6.50. The van der Waals surface area contributed by atoms with Gasteiger partial charge in [-0.15, -0.1) is 23.7 Å². The largest absolute Gasteiger partial charge is 0.335 e. The van der Waals surface area contributed by atoms with Gasteiger partial charge >= 0.3 is 0 Å². The van der Waals surface area contributed by atoms with E-state index >= 15 is 0 Å². The quantitative estimate of drug-likeness (QED) is 0.481. The number of nitrogens with one attached hydrogen (secondary N) is 1. The second kappa shape index (κ2) is 9.27. The maximum Gasteiger partial charge on any atom is 0.278 e. The molecule has 0 aliphatic carbocycles. The van der Waals surface area contributed by atoms with E-state index in [1.54, 1.807) is 24.3 Å². The van der Waals surface area contributed by atoms with Gasteiger partial charge in [0.1, 0.15) is 0 Å². The van der Waals surface area contributed by atoms with Crippen LogP contribution in [0.4, 0.5) is 5.69 Å². The second-order valence-corrected chi connectivity index (χ2v) is 7.62. The topological polar surface area (TPSA) is 97.3 Å². The van der Waals surface area contributed by atoms with Crippen LogP contribution in [-0.2, 0) is 0 Å². The van der Waals surface area contributed by atoms with Gasteiger partial charge in [-0.3, -0.25) is 15.0 Å². The summed E-state index contributed by atoms with van der Waals surface area (Å²) in [6.07, 6.45) is 3.64. The smallest absolute Gasteiger partial charge is 0.278 e. The van der Waals surface area contributed by atoms with Crippen LogP contribution in [0.2, 0.25) is 0 Å². The number of benzene rings is 1. The number of halogens is 1. The summed E-state index contributed by atoms with van der Waals surface area (Å²) < 4.78 is 5.34. The summed E-state index contributed by atoms with van der Waals surface area (Å²) in [7, 11) is 2.05. The molecule has 29 heavy (non-hydrogen) atoms. The number of para-hydroxylation sites is 1. The molecule has 1 N–H and O–H groups in total. The van der Waals surface area contributed by atoms with Crippen molar-refractivity contribution in [3.05, 3.63) is 63.1 Å². The molecule has 8 nitrogen and oxygen atoms in total. The highest BCUT2D eigenvalue weighted by Crippen LogP contribution is 2.35. The predicted octanol–water partition coefficient (Wildman–Crippen LogP) is 3.87. The number of thiophene rings is 1. The van der Waals surface area contributed by atoms with E-state index in [0.717, 1.165) is 29.4 Å². The molecule has 1 atom stereocenters. The van der Waals surface area contributed by atoms with Gasteiger partial charge in [-0.25, -0.2) is 0 Å². The molecule has 1 fully saturated rings. The van der Waals surface area contributed by atoms with Crippen LogP contribution in [0.1, 0.15) is 22.6 Å². The average Bonchev–Trinajstić information content (AvgIpc) is 3.36. The molecule has 4 rings (SSSR count). The predicted molar refractivity (Wildman–Crippen MR) is 115 cm³/mol. The maximum absolute atomic E-state index is 11.2. The van der Waals surface area contributed by atoms with Crippen LogP contribution < -0.4 is 5.32 Å². The highest BCUT2D eigenvalue weighted by molar-refractivity contribution is 7.16. The van der Waals surface area contributed by atoms with Crippen LogP contribution >= 0.6 is 23.7 Å². The van der Waals surface area contributed by atoms with Crippen LogP contribution in [0.3, 0.4) is 0 Å². The Bertz CT molecular complexity index is 1020. The van der Waals surface area contributed by atoms with Crippen molar-refractivity contribution in [2.24, 2.45) is 0 Å². The van der Waals surface area contributed by atoms with Gasteiger partial charge in [-0.1, -0.05) is 17.3 Å². The summed E-state index contributed by atoms with van der Waals surface area (Å²) in [5, 5.41) is 18.7. The van der Waals surface area contributed by atoms with Crippen LogP contribution in [0, 0.1) is 10.1 Å². The number of hydrogen-bond acceptors (Lipinski definition) is 8. The lowest BCUT2D eigenvalue weighted by Gasteiger charge is -2.30. The van der Waals surface area contributed by atoms with E-state index in [4.69, 9.17) is 4.52 Å². The van der Waals surface area contributed by atoms with Gasteiger partial charge in [-0.2, -0.15) is 4.98 Å². The molecular formula is C19H20ClN5O3S. The first-order chi connectivity index (χ1) is 13.6. The van der Waals surface area contributed by atoms with Crippen LogP contribution in [0.25, 0.3) is 22.6 Å². The van der Waals surface area contributed by atoms with Crippen molar-refractivity contribution >= 4 is 41.6 Å². The van der Waals surface area contributed by atoms with Gasteiger partial charge in [0.05, 0.1) is 16.5 Å². The van der Waals surface area contributed by atoms with Crippen molar-refractivity contribution in [3.8, 4) is 10.4 Å². The van der Waals surface area contributed by atoms with Crippen LogP contribution in [0.15, 0.2) is 40.9 Å². The molecule has 3 aromatic rings. The standard InChI is InChI=1S/C19H19N5O3S.ClH/c1-23-11-10-20-12-16(23)19-21-18(27-22-19)9-7-13-6-8-17(28-13)14-4-2-3-5-15(14)24(25)26;/h2-9,16,20H,10-12H2,1H3;1H/b9-7+;. The number of rotatable bonds is 5. The van der Waals surface area contributed by atoms with Gasteiger partial charge in [-0.05, 0) is 31.3 Å². The lowest BCUT2D eigenvalue weighted by Crippen LogP contribution is -2.44. The lowest BCUT2D eigenvalue weighted by molar-refractivity contribution is -0.384. The molecule has 1 unspecified atom stereocenters. The van der Waals surface area contributed by atoms with Crippen molar-refractivity contribution in [3.63, 3.8) is 0 Å². The molecule has 1 aliphatic heterocycles. The first kappa shape index (κ1) is 21.1. The molecule has 2 aromatic heterocycles. The highest BCUT2D eigenvalue weighted by atomic mass is 35.5. The summed E-state index contributed by atoms with van der Waals surface area (Å²) in [5.74, 6) is 1.11. The van der Waals surface area contributed by atoms with Gasteiger partial charge in [0.2, 0.25) is 0 Å². The fourth-order valence-electron chi connectivity index (χ4n) is 3.13. The first-order valence-corrected chi connectivity index (χ1v) is 9.70. The fourth-order valence-corrected chi connectivity index (χ4v) is 4.07. The zero-order valence-corrected chi connectivity index (χ0v) is 17.3. The summed E-state index contributed by atoms with van der Waals surface area (Å²) >= 11 is 1.47. The zero-order chi connectivity index (χ0) is 19.5. The van der Waals surface area contributed by atoms with Crippen molar-refractivity contribution < 1.29 is 9.45 Å². The molecular weight excluding hydrogens is 414 g/mol.